The smallest absolute Gasteiger partial charge is 0.207 e. The van der Waals surface area contributed by atoms with E-state index in [0.29, 0.717) is 27.7 Å². The third-order valence-corrected chi connectivity index (χ3v) is 7.09. The highest BCUT2D eigenvalue weighted by Crippen LogP contribution is 2.36. The largest absolute Gasteiger partial charge is 0.244 e. The molecule has 1 aromatic rings. The van der Waals surface area contributed by atoms with Gasteiger partial charge in [0.2, 0.25) is 10.0 Å². The lowest BCUT2D eigenvalue weighted by Gasteiger charge is -2.25. The molecule has 0 atom stereocenters. The van der Waals surface area contributed by atoms with Crippen LogP contribution in [0, 0.1) is 12.8 Å². The molecule has 0 aromatic heterocycles. The van der Waals surface area contributed by atoms with Gasteiger partial charge in [-0.1, -0.05) is 19.9 Å². The van der Waals surface area contributed by atoms with Gasteiger partial charge in [0.1, 0.15) is 0 Å². The zero-order valence-electron chi connectivity index (χ0n) is 12.6. The summed E-state index contributed by atoms with van der Waals surface area (Å²) in [6, 6.07) is 3.76. The molecule has 0 saturated heterocycles. The van der Waals surface area contributed by atoms with Gasteiger partial charge in [0, 0.05) is 22.9 Å². The predicted octanol–water partition coefficient (Wildman–Crippen LogP) is 4.31. The van der Waals surface area contributed by atoms with E-state index in [1.54, 1.807) is 10.4 Å². The van der Waals surface area contributed by atoms with Crippen molar-refractivity contribution in [2.75, 3.05) is 6.54 Å². The van der Waals surface area contributed by atoms with Crippen LogP contribution in [-0.4, -0.2) is 25.3 Å². The molecular formula is C15H21BrClNO2S. The molecule has 0 aliphatic heterocycles. The van der Waals surface area contributed by atoms with E-state index < -0.39 is 10.0 Å². The Morgan fingerprint density at radius 3 is 2.48 bits per heavy atom. The van der Waals surface area contributed by atoms with Gasteiger partial charge in [-0.05, 0) is 58.8 Å². The van der Waals surface area contributed by atoms with E-state index in [2.05, 4.69) is 15.9 Å². The lowest BCUT2D eigenvalue weighted by molar-refractivity contribution is 0.360. The van der Waals surface area contributed by atoms with Crippen molar-refractivity contribution in [2.24, 2.45) is 5.92 Å². The average Bonchev–Trinajstić information content (AvgIpc) is 3.22. The molecule has 118 valence electrons. The first-order chi connectivity index (χ1) is 9.77. The van der Waals surface area contributed by atoms with Gasteiger partial charge >= 0.3 is 0 Å². The highest BCUT2D eigenvalue weighted by molar-refractivity contribution is 9.10. The summed E-state index contributed by atoms with van der Waals surface area (Å²) in [5.74, 6) is 0.612. The first kappa shape index (κ1) is 17.3. The van der Waals surface area contributed by atoms with Crippen molar-refractivity contribution in [2.45, 2.75) is 50.4 Å². The van der Waals surface area contributed by atoms with E-state index in [9.17, 15) is 8.42 Å². The lowest BCUT2D eigenvalue weighted by atomic mass is 10.2. The molecule has 2 rings (SSSR count). The summed E-state index contributed by atoms with van der Waals surface area (Å²) < 4.78 is 28.4. The van der Waals surface area contributed by atoms with E-state index in [1.807, 2.05) is 26.8 Å². The van der Waals surface area contributed by atoms with Crippen molar-refractivity contribution in [3.8, 4) is 0 Å². The summed E-state index contributed by atoms with van der Waals surface area (Å²) in [4.78, 5) is 0.339. The molecule has 1 aromatic carbocycles. The zero-order chi connectivity index (χ0) is 15.8. The number of benzene rings is 1. The molecule has 1 saturated carbocycles. The standard InChI is InChI=1S/C15H21BrClNO2S/c1-10(2)9-18(13-4-5-13)21(19,20)14-7-12(8-17)6-11(3)15(14)16/h6-7,10,13H,4-5,8-9H2,1-3H3. The minimum atomic E-state index is -3.49. The average molecular weight is 395 g/mol. The van der Waals surface area contributed by atoms with Crippen LogP contribution in [0.25, 0.3) is 0 Å². The lowest BCUT2D eigenvalue weighted by Crippen LogP contribution is -2.36. The van der Waals surface area contributed by atoms with E-state index in [1.165, 1.54) is 0 Å². The minimum absolute atomic E-state index is 0.157. The number of nitrogens with zero attached hydrogens (tertiary/aromatic N) is 1. The second-order valence-corrected chi connectivity index (χ2v) is 8.98. The predicted molar refractivity (Wildman–Crippen MR) is 90.2 cm³/mol. The molecule has 1 aliphatic carbocycles. The molecule has 21 heavy (non-hydrogen) atoms. The molecule has 0 unspecified atom stereocenters. The van der Waals surface area contributed by atoms with E-state index in [4.69, 9.17) is 11.6 Å². The van der Waals surface area contributed by atoms with Gasteiger partial charge in [0.25, 0.3) is 0 Å². The van der Waals surface area contributed by atoms with Gasteiger partial charge in [-0.2, -0.15) is 4.31 Å². The van der Waals surface area contributed by atoms with Gasteiger partial charge in [-0.25, -0.2) is 8.42 Å². The maximum absolute atomic E-state index is 13.0. The van der Waals surface area contributed by atoms with Crippen molar-refractivity contribution in [1.29, 1.82) is 0 Å². The zero-order valence-corrected chi connectivity index (χ0v) is 15.7. The van der Waals surface area contributed by atoms with Crippen molar-refractivity contribution in [3.63, 3.8) is 0 Å². The van der Waals surface area contributed by atoms with E-state index in [0.717, 1.165) is 24.0 Å². The van der Waals surface area contributed by atoms with Gasteiger partial charge in [0.15, 0.2) is 0 Å². The second-order valence-electron chi connectivity index (χ2n) is 6.06. The number of alkyl halides is 1. The Labute approximate surface area is 140 Å². The highest BCUT2D eigenvalue weighted by Gasteiger charge is 2.39. The molecule has 0 heterocycles. The number of hydrogen-bond acceptors (Lipinski definition) is 2. The fourth-order valence-electron chi connectivity index (χ4n) is 2.37. The Kier molecular flexibility index (Phi) is 5.40. The third kappa shape index (κ3) is 3.81. The fourth-order valence-corrected chi connectivity index (χ4v) is 5.40. The van der Waals surface area contributed by atoms with Crippen LogP contribution in [0.2, 0.25) is 0 Å². The summed E-state index contributed by atoms with van der Waals surface area (Å²) in [5, 5.41) is 0. The number of aryl methyl sites for hydroxylation is 1. The molecule has 3 nitrogen and oxygen atoms in total. The topological polar surface area (TPSA) is 37.4 Å². The third-order valence-electron chi connectivity index (χ3n) is 3.52. The molecular weight excluding hydrogens is 374 g/mol. The van der Waals surface area contributed by atoms with Crippen LogP contribution >= 0.6 is 27.5 Å². The van der Waals surface area contributed by atoms with E-state index >= 15 is 0 Å². The summed E-state index contributed by atoms with van der Waals surface area (Å²) in [5.41, 5.74) is 1.73. The Morgan fingerprint density at radius 1 is 1.38 bits per heavy atom. The molecule has 0 N–H and O–H groups in total. The summed E-state index contributed by atoms with van der Waals surface area (Å²) in [6.45, 7) is 6.54. The Balaban J connectivity index is 2.49. The summed E-state index contributed by atoms with van der Waals surface area (Å²) >= 11 is 9.32. The Bertz CT molecular complexity index is 627. The van der Waals surface area contributed by atoms with Gasteiger partial charge in [0.05, 0.1) is 4.90 Å². The molecule has 0 spiro atoms. The SMILES string of the molecule is Cc1cc(CCl)cc(S(=O)(=O)N(CC(C)C)C2CC2)c1Br. The molecule has 1 aliphatic rings. The summed E-state index contributed by atoms with van der Waals surface area (Å²) in [6.07, 6.45) is 1.91. The van der Waals surface area contributed by atoms with Crippen LogP contribution in [0.3, 0.4) is 0 Å². The van der Waals surface area contributed by atoms with Crippen molar-refractivity contribution in [3.05, 3.63) is 27.7 Å². The normalized spacial score (nSPS) is 16.0. The summed E-state index contributed by atoms with van der Waals surface area (Å²) in [7, 11) is -3.49. The maximum Gasteiger partial charge on any atom is 0.244 e. The number of halogens is 2. The molecule has 0 amide bonds. The quantitative estimate of drug-likeness (QED) is 0.674. The molecule has 6 heteroatoms. The van der Waals surface area contributed by atoms with Crippen LogP contribution in [0.5, 0.6) is 0 Å². The van der Waals surface area contributed by atoms with Crippen LogP contribution in [0.4, 0.5) is 0 Å². The maximum atomic E-state index is 13.0. The number of sulfonamides is 1. The monoisotopic (exact) mass is 393 g/mol. The van der Waals surface area contributed by atoms with Crippen LogP contribution in [0.15, 0.2) is 21.5 Å². The first-order valence-electron chi connectivity index (χ1n) is 7.14. The van der Waals surface area contributed by atoms with Crippen LogP contribution < -0.4 is 0 Å². The van der Waals surface area contributed by atoms with Crippen molar-refractivity contribution in [1.82, 2.24) is 4.31 Å². The van der Waals surface area contributed by atoms with Crippen molar-refractivity contribution < 1.29 is 8.42 Å². The number of hydrogen-bond donors (Lipinski definition) is 0. The second kappa shape index (κ2) is 6.57. The van der Waals surface area contributed by atoms with Gasteiger partial charge in [-0.3, -0.25) is 0 Å². The van der Waals surface area contributed by atoms with Crippen LogP contribution in [-0.2, 0) is 15.9 Å². The molecule has 1 fully saturated rings. The first-order valence-corrected chi connectivity index (χ1v) is 9.91. The molecule has 0 bridgehead atoms. The van der Waals surface area contributed by atoms with Crippen molar-refractivity contribution >= 4 is 37.6 Å². The minimum Gasteiger partial charge on any atom is -0.207 e. The van der Waals surface area contributed by atoms with Gasteiger partial charge < -0.3 is 0 Å². The Morgan fingerprint density at radius 2 is 2.00 bits per heavy atom. The highest BCUT2D eigenvalue weighted by atomic mass is 79.9. The number of rotatable bonds is 6. The fraction of sp³-hybridized carbons (Fsp3) is 0.600. The van der Waals surface area contributed by atoms with Crippen LogP contribution in [0.1, 0.15) is 37.8 Å². The van der Waals surface area contributed by atoms with E-state index in [-0.39, 0.29) is 6.04 Å². The molecule has 0 radical (unpaired) electrons. The Hall–Kier alpha value is -0.100. The van der Waals surface area contributed by atoms with Gasteiger partial charge in [-0.15, -0.1) is 11.6 Å².